The van der Waals surface area contributed by atoms with Crippen molar-refractivity contribution in [3.05, 3.63) is 59.7 Å². The maximum absolute atomic E-state index is 5.26. The van der Waals surface area contributed by atoms with E-state index in [4.69, 9.17) is 9.47 Å². The van der Waals surface area contributed by atoms with Gasteiger partial charge in [-0.25, -0.2) is 4.99 Å². The molecule has 0 aliphatic heterocycles. The Hall–Kier alpha value is -2.00. The third-order valence-corrected chi connectivity index (χ3v) is 3.95. The van der Waals surface area contributed by atoms with E-state index in [0.717, 1.165) is 36.0 Å². The van der Waals surface area contributed by atoms with E-state index in [-0.39, 0.29) is 24.0 Å². The molecule has 0 saturated carbocycles. The van der Waals surface area contributed by atoms with Gasteiger partial charge in [0.1, 0.15) is 5.75 Å². The fourth-order valence-electron chi connectivity index (χ4n) is 2.51. The Labute approximate surface area is 185 Å². The Morgan fingerprint density at radius 2 is 1.79 bits per heavy atom. The monoisotopic (exact) mass is 498 g/mol. The van der Waals surface area contributed by atoms with Crippen molar-refractivity contribution in [1.82, 2.24) is 10.6 Å². The fourth-order valence-corrected chi connectivity index (χ4v) is 2.51. The number of halogens is 1. The highest BCUT2D eigenvalue weighted by Gasteiger charge is 2.00. The minimum absolute atomic E-state index is 0. The number of nitrogens with one attached hydrogen (secondary N) is 3. The zero-order valence-electron chi connectivity index (χ0n) is 16.8. The molecule has 0 unspecified atom stereocenters. The van der Waals surface area contributed by atoms with Crippen molar-refractivity contribution in [3.8, 4) is 5.75 Å². The van der Waals surface area contributed by atoms with Gasteiger partial charge in [0.25, 0.3) is 0 Å². The maximum Gasteiger partial charge on any atom is 0.191 e. The molecule has 2 rings (SSSR count). The number of ether oxygens (including phenoxy) is 2. The van der Waals surface area contributed by atoms with E-state index >= 15 is 0 Å². The van der Waals surface area contributed by atoms with Gasteiger partial charge >= 0.3 is 0 Å². The molecule has 0 fully saturated rings. The zero-order chi connectivity index (χ0) is 19.3. The molecular formula is C21H31IN4O2. The molecule has 3 N–H and O–H groups in total. The number of anilines is 1. The van der Waals surface area contributed by atoms with Gasteiger partial charge in [0, 0.05) is 32.4 Å². The Kier molecular flexibility index (Phi) is 12.1. The number of guanidine groups is 1. The summed E-state index contributed by atoms with van der Waals surface area (Å²) in [5, 5.41) is 9.97. The van der Waals surface area contributed by atoms with Gasteiger partial charge in [-0.3, -0.25) is 0 Å². The summed E-state index contributed by atoms with van der Waals surface area (Å²) in [4.78, 5) is 4.65. The van der Waals surface area contributed by atoms with E-state index in [9.17, 15) is 0 Å². The van der Waals surface area contributed by atoms with Crippen molar-refractivity contribution < 1.29 is 9.47 Å². The van der Waals surface area contributed by atoms with Gasteiger partial charge in [-0.1, -0.05) is 24.3 Å². The van der Waals surface area contributed by atoms with E-state index in [1.165, 1.54) is 5.56 Å². The van der Waals surface area contributed by atoms with Crippen molar-refractivity contribution in [3.63, 3.8) is 0 Å². The van der Waals surface area contributed by atoms with Crippen LogP contribution in [0.15, 0.2) is 53.5 Å². The lowest BCUT2D eigenvalue weighted by atomic mass is 10.2. The number of rotatable bonds is 10. The lowest BCUT2D eigenvalue weighted by Crippen LogP contribution is -2.36. The summed E-state index contributed by atoms with van der Waals surface area (Å²) >= 11 is 0. The predicted octanol–water partition coefficient (Wildman–Crippen LogP) is 3.63. The molecule has 6 nitrogen and oxygen atoms in total. The van der Waals surface area contributed by atoms with Gasteiger partial charge in [0.15, 0.2) is 5.96 Å². The maximum atomic E-state index is 5.26. The van der Waals surface area contributed by atoms with Crippen LogP contribution in [0.1, 0.15) is 18.1 Å². The summed E-state index contributed by atoms with van der Waals surface area (Å²) in [5.41, 5.74) is 3.40. The molecule has 2 aromatic carbocycles. The lowest BCUT2D eigenvalue weighted by molar-refractivity contribution is 0.211. The highest BCUT2D eigenvalue weighted by atomic mass is 127. The number of benzene rings is 2. The molecule has 2 aromatic rings. The van der Waals surface area contributed by atoms with Crippen LogP contribution in [0.3, 0.4) is 0 Å². The molecule has 7 heteroatoms. The first-order chi connectivity index (χ1) is 13.2. The van der Waals surface area contributed by atoms with Gasteiger partial charge in [-0.2, -0.15) is 0 Å². The first kappa shape index (κ1) is 24.0. The summed E-state index contributed by atoms with van der Waals surface area (Å²) in [6.45, 7) is 5.67. The first-order valence-corrected chi connectivity index (χ1v) is 9.22. The average Bonchev–Trinajstić information content (AvgIpc) is 2.71. The Morgan fingerprint density at radius 1 is 1.00 bits per heavy atom. The molecule has 0 bridgehead atoms. The van der Waals surface area contributed by atoms with E-state index in [0.29, 0.717) is 19.7 Å². The largest absolute Gasteiger partial charge is 0.497 e. The normalized spacial score (nSPS) is 10.8. The van der Waals surface area contributed by atoms with Gasteiger partial charge in [-0.15, -0.1) is 24.0 Å². The molecule has 0 amide bonds. The molecule has 0 atom stereocenters. The van der Waals surface area contributed by atoms with Gasteiger partial charge < -0.3 is 25.4 Å². The topological polar surface area (TPSA) is 66.9 Å². The number of hydrogen-bond donors (Lipinski definition) is 3. The highest BCUT2D eigenvalue weighted by molar-refractivity contribution is 14.0. The lowest BCUT2D eigenvalue weighted by Gasteiger charge is -2.12. The number of nitrogens with zero attached hydrogens (tertiary/aromatic N) is 1. The quantitative estimate of drug-likeness (QED) is 0.202. The molecule has 0 saturated heterocycles. The van der Waals surface area contributed by atoms with E-state index in [1.54, 1.807) is 14.2 Å². The first-order valence-electron chi connectivity index (χ1n) is 9.22. The van der Waals surface area contributed by atoms with Crippen LogP contribution in [0, 0.1) is 0 Å². The van der Waals surface area contributed by atoms with Crippen molar-refractivity contribution in [1.29, 1.82) is 0 Å². The molecule has 0 heterocycles. The Morgan fingerprint density at radius 3 is 2.46 bits per heavy atom. The summed E-state index contributed by atoms with van der Waals surface area (Å²) in [6.07, 6.45) is 0. The second kappa shape index (κ2) is 14.1. The van der Waals surface area contributed by atoms with Crippen molar-refractivity contribution in [2.24, 2.45) is 4.99 Å². The minimum Gasteiger partial charge on any atom is -0.497 e. The molecule has 28 heavy (non-hydrogen) atoms. The van der Waals surface area contributed by atoms with Crippen LogP contribution in [-0.4, -0.2) is 39.9 Å². The third-order valence-electron chi connectivity index (χ3n) is 3.95. The summed E-state index contributed by atoms with van der Waals surface area (Å²) < 4.78 is 10.3. The summed E-state index contributed by atoms with van der Waals surface area (Å²) in [6, 6.07) is 16.3. The van der Waals surface area contributed by atoms with E-state index < -0.39 is 0 Å². The van der Waals surface area contributed by atoms with E-state index in [2.05, 4.69) is 52.1 Å². The Balaban J connectivity index is 0.00000392. The van der Waals surface area contributed by atoms with Crippen LogP contribution in [-0.2, 0) is 17.8 Å². The molecule has 0 aliphatic rings. The van der Waals surface area contributed by atoms with Crippen LogP contribution in [0.2, 0.25) is 0 Å². The molecule has 0 spiro atoms. The molecular weight excluding hydrogens is 467 g/mol. The predicted molar refractivity (Wildman–Crippen MR) is 127 cm³/mol. The van der Waals surface area contributed by atoms with Crippen molar-refractivity contribution in [2.75, 3.05) is 39.2 Å². The fraction of sp³-hybridized carbons (Fsp3) is 0.381. The van der Waals surface area contributed by atoms with Gasteiger partial charge in [-0.05, 0) is 42.3 Å². The number of methoxy groups -OCH3 is 2. The van der Waals surface area contributed by atoms with Gasteiger partial charge in [0.2, 0.25) is 0 Å². The van der Waals surface area contributed by atoms with Gasteiger partial charge in [0.05, 0.1) is 20.3 Å². The summed E-state index contributed by atoms with van der Waals surface area (Å²) in [5.74, 6) is 1.64. The van der Waals surface area contributed by atoms with Crippen LogP contribution in [0.4, 0.5) is 5.69 Å². The van der Waals surface area contributed by atoms with Crippen LogP contribution < -0.4 is 20.7 Å². The highest BCUT2D eigenvalue weighted by Crippen LogP contribution is 2.13. The second-order valence-electron chi connectivity index (χ2n) is 6.02. The van der Waals surface area contributed by atoms with Crippen molar-refractivity contribution in [2.45, 2.75) is 20.0 Å². The van der Waals surface area contributed by atoms with Crippen LogP contribution in [0.5, 0.6) is 5.75 Å². The Bertz CT molecular complexity index is 708. The second-order valence-corrected chi connectivity index (χ2v) is 6.02. The molecule has 154 valence electrons. The number of aliphatic imine (C=N–C) groups is 1. The molecule has 0 radical (unpaired) electrons. The molecule has 0 aliphatic carbocycles. The van der Waals surface area contributed by atoms with Crippen molar-refractivity contribution >= 4 is 35.6 Å². The van der Waals surface area contributed by atoms with Crippen LogP contribution in [0.25, 0.3) is 0 Å². The van der Waals surface area contributed by atoms with Crippen LogP contribution >= 0.6 is 24.0 Å². The molecule has 0 aromatic heterocycles. The summed E-state index contributed by atoms with van der Waals surface area (Å²) in [7, 11) is 3.38. The average molecular weight is 498 g/mol. The third kappa shape index (κ3) is 8.79. The number of hydrogen-bond acceptors (Lipinski definition) is 4. The minimum atomic E-state index is 0. The van der Waals surface area contributed by atoms with E-state index in [1.807, 2.05) is 24.3 Å². The SMILES string of the molecule is CCNC(=NCc1cccc(OC)c1)NCc1ccc(NCCOC)cc1.I. The smallest absolute Gasteiger partial charge is 0.191 e. The zero-order valence-corrected chi connectivity index (χ0v) is 19.2. The standard InChI is InChI=1S/C21H30N4O2.HI/c1-4-22-21(25-16-18-6-5-7-20(14-18)27-3)24-15-17-8-10-19(11-9-17)23-12-13-26-2;/h5-11,14,23H,4,12-13,15-16H2,1-3H3,(H2,22,24,25);1H.